The molecule has 2 heterocycles. The zero-order valence-corrected chi connectivity index (χ0v) is 16.4. The Morgan fingerprint density at radius 2 is 1.81 bits per heavy atom. The van der Waals surface area contributed by atoms with Gasteiger partial charge < -0.3 is 5.32 Å². The molecule has 0 aliphatic carbocycles. The molecule has 1 aliphatic heterocycles. The third-order valence-corrected chi connectivity index (χ3v) is 7.42. The minimum atomic E-state index is -3.47. The van der Waals surface area contributed by atoms with Crippen molar-refractivity contribution in [2.45, 2.75) is 24.7 Å². The van der Waals surface area contributed by atoms with Gasteiger partial charge in [0.2, 0.25) is 10.0 Å². The molecule has 8 heteroatoms. The van der Waals surface area contributed by atoms with E-state index in [0.717, 1.165) is 28.1 Å². The summed E-state index contributed by atoms with van der Waals surface area (Å²) in [5, 5.41) is 3.83. The molecule has 1 amide bonds. The minimum absolute atomic E-state index is 0.225. The molecule has 2 aromatic carbocycles. The highest BCUT2D eigenvalue weighted by Gasteiger charge is 2.27. The second kappa shape index (κ2) is 7.03. The van der Waals surface area contributed by atoms with Gasteiger partial charge in [-0.25, -0.2) is 13.4 Å². The lowest BCUT2D eigenvalue weighted by molar-refractivity contribution is 0.102. The number of carbonyl (C=O) groups excluding carboxylic acids is 1. The Hall–Kier alpha value is -2.29. The van der Waals surface area contributed by atoms with Gasteiger partial charge in [0.1, 0.15) is 0 Å². The van der Waals surface area contributed by atoms with Gasteiger partial charge in [0.15, 0.2) is 0 Å². The molecule has 140 valence electrons. The Morgan fingerprint density at radius 3 is 2.52 bits per heavy atom. The first-order chi connectivity index (χ1) is 12.9. The lowest BCUT2D eigenvalue weighted by atomic mass is 10.2. The van der Waals surface area contributed by atoms with E-state index >= 15 is 0 Å². The van der Waals surface area contributed by atoms with Crippen LogP contribution >= 0.6 is 11.3 Å². The van der Waals surface area contributed by atoms with Crippen molar-refractivity contribution >= 4 is 43.2 Å². The number of nitrogens with zero attached hydrogens (tertiary/aromatic N) is 2. The maximum absolute atomic E-state index is 12.6. The molecule has 27 heavy (non-hydrogen) atoms. The second-order valence-corrected chi connectivity index (χ2v) is 9.68. The van der Waals surface area contributed by atoms with Crippen molar-refractivity contribution in [1.29, 1.82) is 0 Å². The third kappa shape index (κ3) is 3.60. The van der Waals surface area contributed by atoms with E-state index in [1.807, 2.05) is 25.1 Å². The van der Waals surface area contributed by atoms with Crippen LogP contribution in [-0.2, 0) is 10.0 Å². The number of rotatable bonds is 4. The third-order valence-electron chi connectivity index (χ3n) is 4.57. The fourth-order valence-electron chi connectivity index (χ4n) is 3.18. The van der Waals surface area contributed by atoms with Gasteiger partial charge in [0.05, 0.1) is 20.1 Å². The summed E-state index contributed by atoms with van der Waals surface area (Å²) < 4.78 is 27.6. The fraction of sp³-hybridized carbons (Fsp3) is 0.263. The van der Waals surface area contributed by atoms with Crippen LogP contribution in [0.1, 0.15) is 28.2 Å². The lowest BCUT2D eigenvalue weighted by Gasteiger charge is -2.15. The zero-order chi connectivity index (χ0) is 19.0. The molecule has 0 unspecified atom stereocenters. The summed E-state index contributed by atoms with van der Waals surface area (Å²) in [7, 11) is -3.47. The van der Waals surface area contributed by atoms with Crippen LogP contribution in [0.25, 0.3) is 10.2 Å². The van der Waals surface area contributed by atoms with E-state index in [2.05, 4.69) is 10.3 Å². The zero-order valence-electron chi connectivity index (χ0n) is 14.8. The number of aryl methyl sites for hydroxylation is 1. The fourth-order valence-corrected chi connectivity index (χ4v) is 5.56. The van der Waals surface area contributed by atoms with Gasteiger partial charge in [-0.15, -0.1) is 11.3 Å². The summed E-state index contributed by atoms with van der Waals surface area (Å²) in [6, 6.07) is 11.7. The molecule has 0 spiro atoms. The Labute approximate surface area is 161 Å². The largest absolute Gasteiger partial charge is 0.322 e. The van der Waals surface area contributed by atoms with Crippen molar-refractivity contribution < 1.29 is 13.2 Å². The number of amides is 1. The molecule has 1 fully saturated rings. The number of anilines is 1. The smallest absolute Gasteiger partial charge is 0.255 e. The number of carbonyl (C=O) groups is 1. The van der Waals surface area contributed by atoms with Gasteiger partial charge in [-0.1, -0.05) is 0 Å². The number of thiazole rings is 1. The molecule has 0 atom stereocenters. The Bertz CT molecular complexity index is 1100. The maximum atomic E-state index is 12.6. The van der Waals surface area contributed by atoms with Crippen LogP contribution in [0.5, 0.6) is 0 Å². The molecule has 4 rings (SSSR count). The molecule has 1 aliphatic rings. The van der Waals surface area contributed by atoms with Crippen LogP contribution in [0.2, 0.25) is 0 Å². The molecule has 1 N–H and O–H groups in total. The van der Waals surface area contributed by atoms with Crippen molar-refractivity contribution in [3.8, 4) is 0 Å². The summed E-state index contributed by atoms with van der Waals surface area (Å²) in [5.74, 6) is -0.277. The molecule has 0 radical (unpaired) electrons. The van der Waals surface area contributed by atoms with E-state index in [0.29, 0.717) is 24.3 Å². The standard InChI is InChI=1S/C19H19N3O3S2/c1-13-20-17-9-6-15(12-18(17)26-13)21-19(23)14-4-7-16(8-5-14)27(24,25)22-10-2-3-11-22/h4-9,12H,2-3,10-11H2,1H3,(H,21,23). The van der Waals surface area contributed by atoms with Crippen molar-refractivity contribution in [3.05, 3.63) is 53.0 Å². The summed E-state index contributed by atoms with van der Waals surface area (Å²) >= 11 is 1.57. The Balaban J connectivity index is 1.51. The Morgan fingerprint density at radius 1 is 1.11 bits per heavy atom. The predicted octanol–water partition coefficient (Wildman–Crippen LogP) is 3.64. The summed E-state index contributed by atoms with van der Waals surface area (Å²) in [5.41, 5.74) is 2.01. The highest BCUT2D eigenvalue weighted by atomic mass is 32.2. The first-order valence-corrected chi connectivity index (χ1v) is 11.0. The highest BCUT2D eigenvalue weighted by Crippen LogP contribution is 2.25. The molecule has 0 bridgehead atoms. The molecule has 6 nitrogen and oxygen atoms in total. The summed E-state index contributed by atoms with van der Waals surface area (Å²) in [6.07, 6.45) is 1.78. The molecule has 3 aromatic rings. The average molecular weight is 402 g/mol. The first kappa shape index (κ1) is 18.1. The highest BCUT2D eigenvalue weighted by molar-refractivity contribution is 7.89. The number of aromatic nitrogens is 1. The quantitative estimate of drug-likeness (QED) is 0.724. The molecule has 0 saturated carbocycles. The maximum Gasteiger partial charge on any atom is 0.255 e. The second-order valence-electron chi connectivity index (χ2n) is 6.51. The van der Waals surface area contributed by atoms with Gasteiger partial charge >= 0.3 is 0 Å². The Kier molecular flexibility index (Phi) is 4.71. The van der Waals surface area contributed by atoms with E-state index in [1.165, 1.54) is 16.4 Å². The van der Waals surface area contributed by atoms with Gasteiger partial charge in [-0.05, 0) is 62.2 Å². The van der Waals surface area contributed by atoms with Crippen LogP contribution in [0.15, 0.2) is 47.4 Å². The van der Waals surface area contributed by atoms with Crippen LogP contribution < -0.4 is 5.32 Å². The molecular weight excluding hydrogens is 382 g/mol. The van der Waals surface area contributed by atoms with Crippen LogP contribution in [-0.4, -0.2) is 36.7 Å². The lowest BCUT2D eigenvalue weighted by Crippen LogP contribution is -2.27. The van der Waals surface area contributed by atoms with Gasteiger partial charge in [0, 0.05) is 24.3 Å². The van der Waals surface area contributed by atoms with Crippen LogP contribution in [0, 0.1) is 6.92 Å². The monoisotopic (exact) mass is 401 g/mol. The first-order valence-electron chi connectivity index (χ1n) is 8.72. The van der Waals surface area contributed by atoms with Gasteiger partial charge in [-0.3, -0.25) is 4.79 Å². The van der Waals surface area contributed by atoms with Crippen molar-refractivity contribution in [2.75, 3.05) is 18.4 Å². The van der Waals surface area contributed by atoms with Gasteiger partial charge in [0.25, 0.3) is 5.91 Å². The number of sulfonamides is 1. The number of nitrogens with one attached hydrogen (secondary N) is 1. The predicted molar refractivity (Wildman–Crippen MR) is 107 cm³/mol. The number of hydrogen-bond donors (Lipinski definition) is 1. The topological polar surface area (TPSA) is 79.4 Å². The van der Waals surface area contributed by atoms with E-state index in [-0.39, 0.29) is 10.8 Å². The number of hydrogen-bond acceptors (Lipinski definition) is 5. The molecule has 1 aromatic heterocycles. The van der Waals surface area contributed by atoms with Crippen molar-refractivity contribution in [2.24, 2.45) is 0 Å². The van der Waals surface area contributed by atoms with Gasteiger partial charge in [-0.2, -0.15) is 4.31 Å². The molecule has 1 saturated heterocycles. The van der Waals surface area contributed by atoms with Crippen LogP contribution in [0.4, 0.5) is 5.69 Å². The summed E-state index contributed by atoms with van der Waals surface area (Å²) in [4.78, 5) is 17.1. The SMILES string of the molecule is Cc1nc2ccc(NC(=O)c3ccc(S(=O)(=O)N4CCCC4)cc3)cc2s1. The van der Waals surface area contributed by atoms with E-state index < -0.39 is 10.0 Å². The van der Waals surface area contributed by atoms with E-state index in [9.17, 15) is 13.2 Å². The van der Waals surface area contributed by atoms with E-state index in [4.69, 9.17) is 0 Å². The number of benzene rings is 2. The van der Waals surface area contributed by atoms with Crippen LogP contribution in [0.3, 0.4) is 0 Å². The molecular formula is C19H19N3O3S2. The normalized spacial score (nSPS) is 15.3. The minimum Gasteiger partial charge on any atom is -0.322 e. The van der Waals surface area contributed by atoms with Crippen molar-refractivity contribution in [3.63, 3.8) is 0 Å². The number of fused-ring (bicyclic) bond motifs is 1. The van der Waals surface area contributed by atoms with E-state index in [1.54, 1.807) is 23.5 Å². The summed E-state index contributed by atoms with van der Waals surface area (Å²) in [6.45, 7) is 3.06. The van der Waals surface area contributed by atoms with Crippen molar-refractivity contribution in [1.82, 2.24) is 9.29 Å². The average Bonchev–Trinajstić information content (AvgIpc) is 3.30.